The molecule has 1 N–H and O–H groups in total. The van der Waals surface area contributed by atoms with Gasteiger partial charge in [-0.05, 0) is 31.9 Å². The number of aromatic nitrogens is 2. The first-order valence-corrected chi connectivity index (χ1v) is 9.84. The maximum atomic E-state index is 12.6. The number of hydrogen-bond acceptors (Lipinski definition) is 4. The lowest BCUT2D eigenvalue weighted by atomic mass is 10.2. The lowest BCUT2D eigenvalue weighted by molar-refractivity contribution is -0.134. The van der Waals surface area contributed by atoms with Crippen LogP contribution in [-0.2, 0) is 16.1 Å². The van der Waals surface area contributed by atoms with Gasteiger partial charge in [0.25, 0.3) is 0 Å². The van der Waals surface area contributed by atoms with E-state index in [-0.39, 0.29) is 17.9 Å². The van der Waals surface area contributed by atoms with Crippen molar-refractivity contribution in [2.75, 3.05) is 26.2 Å². The van der Waals surface area contributed by atoms with Gasteiger partial charge in [0, 0.05) is 45.2 Å². The molecule has 1 aromatic carbocycles. The summed E-state index contributed by atoms with van der Waals surface area (Å²) >= 11 is 0. The first-order valence-electron chi connectivity index (χ1n) is 9.84. The summed E-state index contributed by atoms with van der Waals surface area (Å²) in [6.07, 6.45) is 4.48. The van der Waals surface area contributed by atoms with E-state index in [0.717, 1.165) is 37.0 Å². The molecule has 2 fully saturated rings. The molecular formula is C20H27N5O2. The van der Waals surface area contributed by atoms with Gasteiger partial charge in [0.2, 0.25) is 11.8 Å². The Labute approximate surface area is 159 Å². The normalized spacial score (nSPS) is 19.2. The van der Waals surface area contributed by atoms with Crippen LogP contribution in [0.5, 0.6) is 0 Å². The van der Waals surface area contributed by atoms with Crippen molar-refractivity contribution in [3.8, 4) is 0 Å². The van der Waals surface area contributed by atoms with Crippen LogP contribution in [0.25, 0.3) is 11.0 Å². The Morgan fingerprint density at radius 3 is 2.67 bits per heavy atom. The first-order chi connectivity index (χ1) is 13.1. The molecular weight excluding hydrogens is 342 g/mol. The lowest BCUT2D eigenvalue weighted by Gasteiger charge is -2.37. The van der Waals surface area contributed by atoms with E-state index in [1.54, 1.807) is 6.33 Å². The summed E-state index contributed by atoms with van der Waals surface area (Å²) in [5.41, 5.74) is 2.02. The highest BCUT2D eigenvalue weighted by Crippen LogP contribution is 2.19. The maximum absolute atomic E-state index is 12.6. The minimum Gasteiger partial charge on any atom is -0.352 e. The zero-order chi connectivity index (χ0) is 18.8. The Bertz CT molecular complexity index is 821. The maximum Gasteiger partial charge on any atom is 0.237 e. The fourth-order valence-corrected chi connectivity index (χ4v) is 3.64. The number of amides is 2. The molecule has 0 radical (unpaired) electrons. The highest BCUT2D eigenvalue weighted by atomic mass is 16.2. The van der Waals surface area contributed by atoms with Crippen LogP contribution in [-0.4, -0.2) is 69.4 Å². The Hall–Kier alpha value is -2.41. The van der Waals surface area contributed by atoms with Crippen molar-refractivity contribution < 1.29 is 9.59 Å². The standard InChI is InChI=1S/C20H27N5O2/c1-15(20(27)22-16-6-7-16)23-10-12-24(13-11-23)19(26)8-9-25-14-21-17-4-2-3-5-18(17)25/h2-5,14-16H,6-13H2,1H3,(H,22,27). The molecule has 4 rings (SSSR count). The fourth-order valence-electron chi connectivity index (χ4n) is 3.64. The largest absolute Gasteiger partial charge is 0.352 e. The number of nitrogens with zero attached hydrogens (tertiary/aromatic N) is 4. The van der Waals surface area contributed by atoms with E-state index in [9.17, 15) is 9.59 Å². The van der Waals surface area contributed by atoms with Crippen molar-refractivity contribution in [3.63, 3.8) is 0 Å². The summed E-state index contributed by atoms with van der Waals surface area (Å²) in [4.78, 5) is 33.3. The molecule has 7 nitrogen and oxygen atoms in total. The van der Waals surface area contributed by atoms with Crippen molar-refractivity contribution in [3.05, 3.63) is 30.6 Å². The van der Waals surface area contributed by atoms with Crippen LogP contribution in [0.15, 0.2) is 30.6 Å². The van der Waals surface area contributed by atoms with E-state index in [0.29, 0.717) is 32.1 Å². The van der Waals surface area contributed by atoms with Crippen molar-refractivity contribution in [1.82, 2.24) is 24.7 Å². The van der Waals surface area contributed by atoms with E-state index >= 15 is 0 Å². The SMILES string of the molecule is CC(C(=O)NC1CC1)N1CCN(C(=O)CCn2cnc3ccccc32)CC1. The monoisotopic (exact) mass is 369 g/mol. The third-order valence-electron chi connectivity index (χ3n) is 5.61. The highest BCUT2D eigenvalue weighted by molar-refractivity contribution is 5.82. The predicted molar refractivity (Wildman–Crippen MR) is 103 cm³/mol. The molecule has 1 aliphatic heterocycles. The number of aryl methyl sites for hydroxylation is 1. The minimum atomic E-state index is -0.125. The topological polar surface area (TPSA) is 70.5 Å². The van der Waals surface area contributed by atoms with E-state index in [2.05, 4.69) is 15.2 Å². The molecule has 7 heteroatoms. The van der Waals surface area contributed by atoms with Gasteiger partial charge in [-0.2, -0.15) is 0 Å². The van der Waals surface area contributed by atoms with Crippen LogP contribution in [0.1, 0.15) is 26.2 Å². The first kappa shape index (κ1) is 18.0. The molecule has 1 unspecified atom stereocenters. The third kappa shape index (κ3) is 4.13. The minimum absolute atomic E-state index is 0.115. The Kier molecular flexibility index (Phi) is 5.11. The molecule has 2 aliphatic rings. The van der Waals surface area contributed by atoms with Crippen LogP contribution in [0.2, 0.25) is 0 Å². The van der Waals surface area contributed by atoms with Crippen LogP contribution >= 0.6 is 0 Å². The fraction of sp³-hybridized carbons (Fsp3) is 0.550. The predicted octanol–water partition coefficient (Wildman–Crippen LogP) is 1.24. The number of imidazole rings is 1. The van der Waals surface area contributed by atoms with Crippen molar-refractivity contribution in [2.45, 2.75) is 44.8 Å². The quantitative estimate of drug-likeness (QED) is 0.832. The second-order valence-corrected chi connectivity index (χ2v) is 7.55. The molecule has 1 atom stereocenters. The Morgan fingerprint density at radius 2 is 1.93 bits per heavy atom. The van der Waals surface area contributed by atoms with Crippen LogP contribution < -0.4 is 5.32 Å². The summed E-state index contributed by atoms with van der Waals surface area (Å²) in [5, 5.41) is 3.07. The molecule has 2 heterocycles. The number of benzene rings is 1. The smallest absolute Gasteiger partial charge is 0.237 e. The second kappa shape index (κ2) is 7.68. The van der Waals surface area contributed by atoms with Gasteiger partial charge in [0.05, 0.1) is 23.4 Å². The molecule has 1 aliphatic carbocycles. The molecule has 2 aromatic rings. The molecule has 0 bridgehead atoms. The van der Waals surface area contributed by atoms with Gasteiger partial charge in [-0.1, -0.05) is 12.1 Å². The van der Waals surface area contributed by atoms with E-state index in [4.69, 9.17) is 0 Å². The average Bonchev–Trinajstić information content (AvgIpc) is 3.42. The lowest BCUT2D eigenvalue weighted by Crippen LogP contribution is -2.55. The van der Waals surface area contributed by atoms with Crippen molar-refractivity contribution in [2.24, 2.45) is 0 Å². The van der Waals surface area contributed by atoms with Gasteiger partial charge in [-0.25, -0.2) is 4.98 Å². The molecule has 1 saturated carbocycles. The van der Waals surface area contributed by atoms with Crippen LogP contribution in [0.3, 0.4) is 0 Å². The number of carbonyl (C=O) groups is 2. The summed E-state index contributed by atoms with van der Waals surface area (Å²) < 4.78 is 2.04. The van der Waals surface area contributed by atoms with E-state index in [1.807, 2.05) is 40.7 Å². The number of carbonyl (C=O) groups excluding carboxylic acids is 2. The molecule has 27 heavy (non-hydrogen) atoms. The number of para-hydroxylation sites is 2. The molecule has 1 saturated heterocycles. The van der Waals surface area contributed by atoms with Gasteiger partial charge in [-0.15, -0.1) is 0 Å². The summed E-state index contributed by atoms with van der Waals surface area (Å²) in [7, 11) is 0. The van der Waals surface area contributed by atoms with Crippen molar-refractivity contribution >= 4 is 22.8 Å². The molecule has 0 spiro atoms. The van der Waals surface area contributed by atoms with Gasteiger partial charge in [0.1, 0.15) is 0 Å². The second-order valence-electron chi connectivity index (χ2n) is 7.55. The van der Waals surface area contributed by atoms with Gasteiger partial charge in [-0.3, -0.25) is 14.5 Å². The highest BCUT2D eigenvalue weighted by Gasteiger charge is 2.30. The number of hydrogen-bond donors (Lipinski definition) is 1. The molecule has 1 aromatic heterocycles. The summed E-state index contributed by atoms with van der Waals surface area (Å²) in [5.74, 6) is 0.284. The average molecular weight is 369 g/mol. The number of piperazine rings is 1. The zero-order valence-electron chi connectivity index (χ0n) is 15.8. The Balaban J connectivity index is 1.25. The molecule has 144 valence electrons. The number of fused-ring (bicyclic) bond motifs is 1. The summed E-state index contributed by atoms with van der Waals surface area (Å²) in [6.45, 7) is 5.46. The van der Waals surface area contributed by atoms with Gasteiger partial charge < -0.3 is 14.8 Å². The number of rotatable bonds is 6. The number of nitrogens with one attached hydrogen (secondary N) is 1. The molecule has 2 amide bonds. The van der Waals surface area contributed by atoms with Crippen LogP contribution in [0, 0.1) is 0 Å². The van der Waals surface area contributed by atoms with Crippen molar-refractivity contribution in [1.29, 1.82) is 0 Å². The zero-order valence-corrected chi connectivity index (χ0v) is 15.8. The van der Waals surface area contributed by atoms with E-state index < -0.39 is 0 Å². The van der Waals surface area contributed by atoms with Gasteiger partial charge >= 0.3 is 0 Å². The Morgan fingerprint density at radius 1 is 1.19 bits per heavy atom. The van der Waals surface area contributed by atoms with E-state index in [1.165, 1.54) is 0 Å². The van der Waals surface area contributed by atoms with Crippen LogP contribution in [0.4, 0.5) is 0 Å². The van der Waals surface area contributed by atoms with Gasteiger partial charge in [0.15, 0.2) is 0 Å². The third-order valence-corrected chi connectivity index (χ3v) is 5.61. The summed E-state index contributed by atoms with van der Waals surface area (Å²) in [6, 6.07) is 8.23.